The van der Waals surface area contributed by atoms with Gasteiger partial charge in [0.15, 0.2) is 0 Å². The van der Waals surface area contributed by atoms with E-state index in [1.165, 1.54) is 11.8 Å². The van der Waals surface area contributed by atoms with Gasteiger partial charge in [-0.15, -0.1) is 11.8 Å². The van der Waals surface area contributed by atoms with Crippen LogP contribution >= 0.6 is 11.8 Å². The maximum Gasteiger partial charge on any atom is 0.220 e. The van der Waals surface area contributed by atoms with Gasteiger partial charge in [0.1, 0.15) is 24.1 Å². The van der Waals surface area contributed by atoms with Crippen LogP contribution in [0.4, 0.5) is 0 Å². The van der Waals surface area contributed by atoms with Gasteiger partial charge in [-0.1, -0.05) is 24.3 Å². The number of benzene rings is 1. The number of thioether (sulfide) groups is 1. The molecule has 2 aromatic heterocycles. The first-order valence-corrected chi connectivity index (χ1v) is 17.2. The van der Waals surface area contributed by atoms with Crippen molar-refractivity contribution in [3.63, 3.8) is 0 Å². The quantitative estimate of drug-likeness (QED) is 0.0815. The highest BCUT2D eigenvalue weighted by molar-refractivity contribution is 7.99. The van der Waals surface area contributed by atoms with Crippen molar-refractivity contribution in [3.8, 4) is 16.9 Å². The fourth-order valence-electron chi connectivity index (χ4n) is 5.62. The number of primary amides is 1. The molecule has 0 spiro atoms. The van der Waals surface area contributed by atoms with Gasteiger partial charge in [0.25, 0.3) is 0 Å². The number of aromatic nitrogens is 2. The van der Waals surface area contributed by atoms with Crippen LogP contribution in [0, 0.1) is 12.8 Å². The van der Waals surface area contributed by atoms with Crippen molar-refractivity contribution in [1.82, 2.24) is 9.97 Å². The molecular weight excluding hydrogens is 622 g/mol. The Hall–Kier alpha value is -3.10. The molecular formula is C35H45N3O8S. The van der Waals surface area contributed by atoms with E-state index in [0.29, 0.717) is 25.2 Å². The highest BCUT2D eigenvalue weighted by Crippen LogP contribution is 2.53. The molecule has 2 aliphatic carbocycles. The van der Waals surface area contributed by atoms with E-state index in [-0.39, 0.29) is 12.5 Å². The number of carbonyl (C=O) groups excluding carboxylic acids is 1. The number of aliphatic hydroxyl groups excluding tert-OH is 5. The van der Waals surface area contributed by atoms with Gasteiger partial charge in [-0.3, -0.25) is 9.78 Å². The van der Waals surface area contributed by atoms with E-state index in [9.17, 15) is 25.2 Å². The van der Waals surface area contributed by atoms with Gasteiger partial charge in [-0.05, 0) is 86.9 Å². The van der Waals surface area contributed by atoms with Crippen molar-refractivity contribution in [2.24, 2.45) is 11.7 Å². The molecule has 0 saturated heterocycles. The number of rotatable bonds is 19. The summed E-state index contributed by atoms with van der Waals surface area (Å²) in [6.45, 7) is 1.57. The number of nitrogens with two attached hydrogens (primary N) is 1. The second-order valence-electron chi connectivity index (χ2n) is 12.6. The largest absolute Gasteiger partial charge is 0.490 e. The standard InChI is InChI=1S/C35H45N3O8S/c1-21-8-11-31(47-16-4-5-22(34(36)44)17-28(40)32(42)33(43)29(41)19-39)38-27(21)20-45-35(13-14-35)26-18-37-15-12-24(26)25-6-2-3-7-30(25)46-23-9-10-23/h2-3,6-8,11-12,15,18,22-23,28-29,32-33,39-43H,4-5,9-10,13-14,16-17,19-20H2,1H3,(H2,36,44)/t22?,28-,29+,32+,33+/m0/s1. The van der Waals surface area contributed by atoms with Crippen LogP contribution in [0.15, 0.2) is 59.9 Å². The molecule has 7 N–H and O–H groups in total. The molecule has 2 aliphatic rings. The first kappa shape index (κ1) is 35.2. The Morgan fingerprint density at radius 2 is 1.79 bits per heavy atom. The summed E-state index contributed by atoms with van der Waals surface area (Å²) in [5.41, 5.74) is 10.1. The fraction of sp³-hybridized carbons (Fsp3) is 0.514. The summed E-state index contributed by atoms with van der Waals surface area (Å²) < 4.78 is 12.9. The summed E-state index contributed by atoms with van der Waals surface area (Å²) in [6.07, 6.45) is 2.11. The molecule has 0 aliphatic heterocycles. The van der Waals surface area contributed by atoms with E-state index in [1.54, 1.807) is 6.20 Å². The lowest BCUT2D eigenvalue weighted by atomic mass is 9.91. The van der Waals surface area contributed by atoms with Crippen LogP contribution in [-0.2, 0) is 21.7 Å². The number of ether oxygens (including phenoxy) is 2. The van der Waals surface area contributed by atoms with Gasteiger partial charge in [0.2, 0.25) is 5.91 Å². The number of amides is 1. The Bertz CT molecular complexity index is 1500. The Morgan fingerprint density at radius 3 is 2.49 bits per heavy atom. The fourth-order valence-corrected chi connectivity index (χ4v) is 6.47. The molecule has 1 aromatic carbocycles. The third kappa shape index (κ3) is 9.08. The number of hydrogen-bond donors (Lipinski definition) is 6. The van der Waals surface area contributed by atoms with E-state index in [2.05, 4.69) is 11.1 Å². The predicted molar refractivity (Wildman–Crippen MR) is 176 cm³/mol. The number of carbonyl (C=O) groups is 1. The molecule has 2 fully saturated rings. The Labute approximate surface area is 279 Å². The summed E-state index contributed by atoms with van der Waals surface area (Å²) in [5.74, 6) is 0.146. The molecule has 1 unspecified atom stereocenters. The smallest absolute Gasteiger partial charge is 0.220 e. The second kappa shape index (κ2) is 15.9. The number of hydrogen-bond acceptors (Lipinski definition) is 11. The summed E-state index contributed by atoms with van der Waals surface area (Å²) in [6, 6.07) is 14.1. The first-order valence-electron chi connectivity index (χ1n) is 16.2. The normalized spacial score (nSPS) is 18.6. The van der Waals surface area contributed by atoms with Gasteiger partial charge in [-0.25, -0.2) is 4.98 Å². The zero-order valence-electron chi connectivity index (χ0n) is 26.6. The van der Waals surface area contributed by atoms with E-state index >= 15 is 0 Å². The maximum atomic E-state index is 12.0. The highest BCUT2D eigenvalue weighted by atomic mass is 32.2. The van der Waals surface area contributed by atoms with Crippen LogP contribution < -0.4 is 10.5 Å². The van der Waals surface area contributed by atoms with E-state index < -0.39 is 48.4 Å². The predicted octanol–water partition coefficient (Wildman–Crippen LogP) is 3.00. The minimum absolute atomic E-state index is 0.180. The number of para-hydroxylation sites is 1. The molecule has 47 heavy (non-hydrogen) atoms. The zero-order valence-corrected chi connectivity index (χ0v) is 27.4. The molecule has 11 nitrogen and oxygen atoms in total. The Morgan fingerprint density at radius 1 is 1.04 bits per heavy atom. The van der Waals surface area contributed by atoms with Crippen LogP contribution in [0.25, 0.3) is 11.1 Å². The van der Waals surface area contributed by atoms with E-state index in [1.807, 2.05) is 49.5 Å². The van der Waals surface area contributed by atoms with Crippen LogP contribution in [0.1, 0.15) is 61.8 Å². The van der Waals surface area contributed by atoms with Gasteiger partial charge >= 0.3 is 0 Å². The van der Waals surface area contributed by atoms with Gasteiger partial charge in [-0.2, -0.15) is 0 Å². The van der Waals surface area contributed by atoms with Crippen molar-refractivity contribution in [1.29, 1.82) is 0 Å². The van der Waals surface area contributed by atoms with Crippen molar-refractivity contribution in [2.75, 3.05) is 12.4 Å². The molecule has 0 bridgehead atoms. The minimum Gasteiger partial charge on any atom is -0.490 e. The molecule has 2 heterocycles. The number of aryl methyl sites for hydroxylation is 1. The zero-order chi connectivity index (χ0) is 33.6. The van der Waals surface area contributed by atoms with Crippen LogP contribution in [0.5, 0.6) is 5.75 Å². The summed E-state index contributed by atoms with van der Waals surface area (Å²) >= 11 is 1.54. The van der Waals surface area contributed by atoms with Gasteiger partial charge in [0, 0.05) is 29.4 Å². The number of nitrogens with zero attached hydrogens (tertiary/aromatic N) is 2. The van der Waals surface area contributed by atoms with E-state index in [4.69, 9.17) is 25.3 Å². The maximum absolute atomic E-state index is 12.0. The molecule has 2 saturated carbocycles. The van der Waals surface area contributed by atoms with Crippen LogP contribution in [0.3, 0.4) is 0 Å². The van der Waals surface area contributed by atoms with Crippen molar-refractivity contribution in [2.45, 2.75) is 99.6 Å². The molecule has 5 atom stereocenters. The molecule has 5 rings (SSSR count). The monoisotopic (exact) mass is 667 g/mol. The Kier molecular flexibility index (Phi) is 11.9. The average Bonchev–Trinajstić information content (AvgIpc) is 4.02. The number of pyridine rings is 2. The summed E-state index contributed by atoms with van der Waals surface area (Å²) in [4.78, 5) is 21.3. The number of aliphatic hydroxyl groups is 5. The van der Waals surface area contributed by atoms with Crippen molar-refractivity contribution >= 4 is 17.7 Å². The SMILES string of the molecule is Cc1ccc(SCCCC(C[C@H](O)[C@@H](O)[C@H](O)[C@H](O)CO)C(N)=O)nc1COC1(c2cnccc2-c2ccccc2OC2CC2)CC1. The third-order valence-corrected chi connectivity index (χ3v) is 9.89. The highest BCUT2D eigenvalue weighted by Gasteiger charge is 2.48. The molecule has 3 aromatic rings. The summed E-state index contributed by atoms with van der Waals surface area (Å²) in [5, 5.41) is 49.6. The second-order valence-corrected chi connectivity index (χ2v) is 13.7. The van der Waals surface area contributed by atoms with Crippen LogP contribution in [0.2, 0.25) is 0 Å². The average molecular weight is 668 g/mol. The topological polar surface area (TPSA) is 188 Å². The van der Waals surface area contributed by atoms with Gasteiger partial charge in [0.05, 0.1) is 41.7 Å². The van der Waals surface area contributed by atoms with Crippen molar-refractivity contribution < 1.29 is 39.8 Å². The van der Waals surface area contributed by atoms with Gasteiger partial charge < -0.3 is 40.7 Å². The molecule has 0 radical (unpaired) electrons. The lowest BCUT2D eigenvalue weighted by Gasteiger charge is -2.27. The van der Waals surface area contributed by atoms with Crippen molar-refractivity contribution in [3.05, 3.63) is 71.7 Å². The summed E-state index contributed by atoms with van der Waals surface area (Å²) in [7, 11) is 0. The molecule has 12 heteroatoms. The molecule has 254 valence electrons. The Balaban J connectivity index is 1.17. The van der Waals surface area contributed by atoms with E-state index in [0.717, 1.165) is 64.4 Å². The van der Waals surface area contributed by atoms with Crippen LogP contribution in [-0.4, -0.2) is 84.3 Å². The third-order valence-electron chi connectivity index (χ3n) is 8.87. The lowest BCUT2D eigenvalue weighted by Crippen LogP contribution is -2.47. The first-order chi connectivity index (χ1) is 22.6. The lowest BCUT2D eigenvalue weighted by molar-refractivity contribution is -0.130. The molecule has 1 amide bonds. The minimum atomic E-state index is -1.76.